The highest BCUT2D eigenvalue weighted by molar-refractivity contribution is 14.1. The summed E-state index contributed by atoms with van der Waals surface area (Å²) < 4.78 is 29.9. The number of allylic oxidation sites excluding steroid dienone is 2. The van der Waals surface area contributed by atoms with Gasteiger partial charge in [-0.15, -0.1) is 0 Å². The van der Waals surface area contributed by atoms with E-state index in [0.29, 0.717) is 23.2 Å². The lowest BCUT2D eigenvalue weighted by atomic mass is 9.44. The van der Waals surface area contributed by atoms with Crippen LogP contribution in [0, 0.1) is 26.7 Å². The number of hydrogen-bond donors (Lipinski definition) is 2. The smallest absolute Gasteiger partial charge is 0.303 e. The number of benzene rings is 1. The molecule has 0 amide bonds. The van der Waals surface area contributed by atoms with Gasteiger partial charge in [0.1, 0.15) is 0 Å². The molecule has 0 spiro atoms. The summed E-state index contributed by atoms with van der Waals surface area (Å²) in [5, 5.41) is 8.73. The van der Waals surface area contributed by atoms with Crippen molar-refractivity contribution in [3.05, 3.63) is 40.0 Å². The van der Waals surface area contributed by atoms with E-state index in [0.717, 1.165) is 22.8 Å². The number of fused-ring (bicyclic) bond motifs is 2. The van der Waals surface area contributed by atoms with Crippen LogP contribution < -0.4 is 4.72 Å². The summed E-state index contributed by atoms with van der Waals surface area (Å²) in [7, 11) is -3.54. The Labute approximate surface area is 187 Å². The van der Waals surface area contributed by atoms with Crippen molar-refractivity contribution in [3.63, 3.8) is 0 Å². The van der Waals surface area contributed by atoms with Gasteiger partial charge in [-0.3, -0.25) is 4.79 Å². The van der Waals surface area contributed by atoms with Crippen molar-refractivity contribution < 1.29 is 18.3 Å². The standard InChI is InChI=1S/C22H30INO4S/c1-22(2)15-13-19(22)18(7-5-3-4-6-8-21(25)26)20(14-15)24-29(27,28)17-11-9-16(23)10-12-17/h3,5,9-12,15,18-20,24H,4,6-8,13-14H2,1-2H3,(H,25,26)/t15-,18+,19+,20+/m1/s1. The molecular weight excluding hydrogens is 501 g/mol. The molecular formula is C22H30INO4S. The summed E-state index contributed by atoms with van der Waals surface area (Å²) in [4.78, 5) is 10.9. The maximum absolute atomic E-state index is 12.9. The molecule has 4 rings (SSSR count). The van der Waals surface area contributed by atoms with E-state index < -0.39 is 16.0 Å². The molecule has 3 aliphatic carbocycles. The summed E-state index contributed by atoms with van der Waals surface area (Å²) in [5.74, 6) is 0.574. The van der Waals surface area contributed by atoms with Crippen LogP contribution >= 0.6 is 22.6 Å². The molecule has 1 aromatic rings. The van der Waals surface area contributed by atoms with Crippen LogP contribution in [-0.2, 0) is 14.8 Å². The molecule has 0 aromatic heterocycles. The van der Waals surface area contributed by atoms with Crippen LogP contribution in [-0.4, -0.2) is 25.5 Å². The first kappa shape index (κ1) is 22.7. The maximum Gasteiger partial charge on any atom is 0.303 e. The molecule has 1 aromatic carbocycles. The second-order valence-electron chi connectivity index (χ2n) is 8.93. The summed E-state index contributed by atoms with van der Waals surface area (Å²) in [6, 6.07) is 6.89. The highest BCUT2D eigenvalue weighted by Gasteiger charge is 2.57. The second kappa shape index (κ2) is 9.06. The molecule has 0 saturated heterocycles. The number of unbranched alkanes of at least 4 members (excludes halogenated alkanes) is 1. The molecule has 3 fully saturated rings. The molecule has 3 saturated carbocycles. The summed E-state index contributed by atoms with van der Waals surface area (Å²) in [6.45, 7) is 4.61. The Morgan fingerprint density at radius 1 is 1.24 bits per heavy atom. The zero-order chi connectivity index (χ0) is 21.2. The van der Waals surface area contributed by atoms with Gasteiger partial charge in [0.25, 0.3) is 0 Å². The molecule has 2 bridgehead atoms. The molecule has 3 aliphatic rings. The third-order valence-electron chi connectivity index (χ3n) is 6.89. The zero-order valence-electron chi connectivity index (χ0n) is 17.0. The van der Waals surface area contributed by atoms with Crippen LogP contribution in [0.25, 0.3) is 0 Å². The molecule has 0 aliphatic heterocycles. The average Bonchev–Trinajstić information content (AvgIpc) is 2.64. The fourth-order valence-corrected chi connectivity index (χ4v) is 6.69. The van der Waals surface area contributed by atoms with Crippen LogP contribution in [0.3, 0.4) is 0 Å². The van der Waals surface area contributed by atoms with E-state index in [4.69, 9.17) is 5.11 Å². The molecule has 29 heavy (non-hydrogen) atoms. The number of hydrogen-bond acceptors (Lipinski definition) is 3. The van der Waals surface area contributed by atoms with Crippen LogP contribution in [0.5, 0.6) is 0 Å². The first-order chi connectivity index (χ1) is 13.6. The third-order valence-corrected chi connectivity index (χ3v) is 9.11. The van der Waals surface area contributed by atoms with Crippen molar-refractivity contribution in [1.82, 2.24) is 4.72 Å². The first-order valence-corrected chi connectivity index (χ1v) is 12.8. The number of carboxylic acids is 1. The van der Waals surface area contributed by atoms with Gasteiger partial charge in [-0.05, 0) is 102 Å². The minimum Gasteiger partial charge on any atom is -0.481 e. The minimum absolute atomic E-state index is 0.0558. The van der Waals surface area contributed by atoms with E-state index in [1.54, 1.807) is 12.1 Å². The lowest BCUT2D eigenvalue weighted by molar-refractivity contribution is -0.137. The Morgan fingerprint density at radius 2 is 1.93 bits per heavy atom. The van der Waals surface area contributed by atoms with Crippen molar-refractivity contribution in [2.24, 2.45) is 23.2 Å². The molecule has 0 unspecified atom stereocenters. The fourth-order valence-electron chi connectivity index (χ4n) is 5.03. The van der Waals surface area contributed by atoms with E-state index in [1.807, 2.05) is 18.2 Å². The van der Waals surface area contributed by atoms with Gasteiger partial charge in [0, 0.05) is 16.0 Å². The third kappa shape index (κ3) is 5.22. The predicted octanol–water partition coefficient (Wildman–Crippen LogP) is 4.82. The lowest BCUT2D eigenvalue weighted by Crippen LogP contribution is -2.61. The van der Waals surface area contributed by atoms with Gasteiger partial charge in [0.15, 0.2) is 0 Å². The quantitative estimate of drug-likeness (QED) is 0.272. The topological polar surface area (TPSA) is 83.5 Å². The highest BCUT2D eigenvalue weighted by atomic mass is 127. The van der Waals surface area contributed by atoms with Gasteiger partial charge in [0.05, 0.1) is 4.90 Å². The maximum atomic E-state index is 12.9. The van der Waals surface area contributed by atoms with Gasteiger partial charge >= 0.3 is 5.97 Å². The number of carboxylic acid groups (broad SMARTS) is 1. The molecule has 160 valence electrons. The Hall–Kier alpha value is -0.930. The average molecular weight is 531 g/mol. The van der Waals surface area contributed by atoms with E-state index in [-0.39, 0.29) is 23.8 Å². The summed E-state index contributed by atoms with van der Waals surface area (Å²) in [5.41, 5.74) is 0.257. The first-order valence-electron chi connectivity index (χ1n) is 10.3. The number of sulfonamides is 1. The number of carbonyl (C=O) groups is 1. The number of aliphatic carboxylic acids is 1. The Kier molecular flexibility index (Phi) is 7.10. The van der Waals surface area contributed by atoms with Gasteiger partial charge in [0.2, 0.25) is 10.0 Å². The van der Waals surface area contributed by atoms with Gasteiger partial charge < -0.3 is 5.11 Å². The van der Waals surface area contributed by atoms with Gasteiger partial charge in [-0.2, -0.15) is 0 Å². The molecule has 4 atom stereocenters. The van der Waals surface area contributed by atoms with Gasteiger partial charge in [-0.1, -0.05) is 26.0 Å². The van der Waals surface area contributed by atoms with Crippen LogP contribution in [0.15, 0.2) is 41.3 Å². The number of rotatable bonds is 9. The fraction of sp³-hybridized carbons (Fsp3) is 0.591. The van der Waals surface area contributed by atoms with Gasteiger partial charge in [-0.25, -0.2) is 13.1 Å². The Balaban J connectivity index is 1.68. The number of halogens is 1. The SMILES string of the molecule is CC1(C)[C@H]2C[C@H](NS(=O)(=O)c3ccc(I)cc3)[C@@H](CC=CCCCC(=O)O)[C@@H]1C2. The molecule has 7 heteroatoms. The lowest BCUT2D eigenvalue weighted by Gasteiger charge is -2.62. The molecule has 0 radical (unpaired) electrons. The van der Waals surface area contributed by atoms with E-state index in [9.17, 15) is 13.2 Å². The van der Waals surface area contributed by atoms with Crippen molar-refractivity contribution >= 4 is 38.6 Å². The van der Waals surface area contributed by atoms with E-state index >= 15 is 0 Å². The van der Waals surface area contributed by atoms with Crippen LogP contribution in [0.1, 0.15) is 52.4 Å². The monoisotopic (exact) mass is 531 g/mol. The van der Waals surface area contributed by atoms with Crippen molar-refractivity contribution in [3.8, 4) is 0 Å². The molecule has 2 N–H and O–H groups in total. The Bertz CT molecular complexity index is 863. The van der Waals surface area contributed by atoms with Crippen molar-refractivity contribution in [1.29, 1.82) is 0 Å². The Morgan fingerprint density at radius 3 is 2.55 bits per heavy atom. The zero-order valence-corrected chi connectivity index (χ0v) is 19.9. The minimum atomic E-state index is -3.54. The highest BCUT2D eigenvalue weighted by Crippen LogP contribution is 2.62. The van der Waals surface area contributed by atoms with E-state index in [2.05, 4.69) is 47.2 Å². The van der Waals surface area contributed by atoms with Crippen LogP contribution in [0.2, 0.25) is 0 Å². The predicted molar refractivity (Wildman–Crippen MR) is 122 cm³/mol. The van der Waals surface area contributed by atoms with Crippen molar-refractivity contribution in [2.75, 3.05) is 0 Å². The summed E-state index contributed by atoms with van der Waals surface area (Å²) in [6.07, 6.45) is 8.61. The van der Waals surface area contributed by atoms with E-state index in [1.165, 1.54) is 6.42 Å². The van der Waals surface area contributed by atoms with Crippen molar-refractivity contribution in [2.45, 2.75) is 63.3 Å². The largest absolute Gasteiger partial charge is 0.481 e. The number of nitrogens with one attached hydrogen (secondary N) is 1. The van der Waals surface area contributed by atoms with Crippen LogP contribution in [0.4, 0.5) is 0 Å². The summed E-state index contributed by atoms with van der Waals surface area (Å²) >= 11 is 2.17. The molecule has 0 heterocycles. The normalized spacial score (nSPS) is 28.2. The molecule has 5 nitrogen and oxygen atoms in total. The second-order valence-corrected chi connectivity index (χ2v) is 11.9.